The number of carbonyl (C=O) groups is 2. The van der Waals surface area contributed by atoms with Crippen molar-refractivity contribution in [3.63, 3.8) is 0 Å². The van der Waals surface area contributed by atoms with Crippen molar-refractivity contribution < 1.29 is 18.0 Å². The molecule has 2 aromatic carbocycles. The van der Waals surface area contributed by atoms with Gasteiger partial charge < -0.3 is 10.6 Å². The monoisotopic (exact) mass is 395 g/mol. The van der Waals surface area contributed by atoms with E-state index in [1.54, 1.807) is 19.1 Å². The molecule has 0 spiro atoms. The zero-order valence-electron chi connectivity index (χ0n) is 14.2. The number of amides is 2. The Morgan fingerprint density at radius 3 is 2.42 bits per heavy atom. The molecule has 0 bridgehead atoms. The van der Waals surface area contributed by atoms with Gasteiger partial charge in [-0.2, -0.15) is 0 Å². The zero-order valence-corrected chi connectivity index (χ0v) is 15.7. The van der Waals surface area contributed by atoms with E-state index >= 15 is 0 Å². The van der Waals surface area contributed by atoms with Gasteiger partial charge in [0.15, 0.2) is 0 Å². The lowest BCUT2D eigenvalue weighted by molar-refractivity contribution is -0.114. The van der Waals surface area contributed by atoms with E-state index in [1.165, 1.54) is 37.3 Å². The fraction of sp³-hybridized carbons (Fsp3) is 0.176. The normalized spacial score (nSPS) is 11.0. The summed E-state index contributed by atoms with van der Waals surface area (Å²) in [6.07, 6.45) is 0. The fourth-order valence-corrected chi connectivity index (χ4v) is 3.48. The standard InChI is InChI=1S/C17H18ClN3O4S/c1-3-19-26(24,25)14-6-4-5-12(9-14)17(23)21-13-7-8-16(15(18)10-13)20-11(2)22/h4-10,19H,3H2,1-2H3,(H,20,22)(H,21,23). The molecule has 2 rings (SSSR count). The summed E-state index contributed by atoms with van der Waals surface area (Å²) in [5, 5.41) is 5.47. The summed E-state index contributed by atoms with van der Waals surface area (Å²) in [7, 11) is -3.65. The summed E-state index contributed by atoms with van der Waals surface area (Å²) < 4.78 is 26.5. The smallest absolute Gasteiger partial charge is 0.255 e. The van der Waals surface area contributed by atoms with Gasteiger partial charge in [-0.1, -0.05) is 24.6 Å². The molecule has 0 aromatic heterocycles. The van der Waals surface area contributed by atoms with Gasteiger partial charge in [-0.25, -0.2) is 13.1 Å². The minimum absolute atomic E-state index is 0.00559. The van der Waals surface area contributed by atoms with Crippen LogP contribution in [-0.4, -0.2) is 26.8 Å². The van der Waals surface area contributed by atoms with Crippen LogP contribution in [0.5, 0.6) is 0 Å². The molecule has 0 heterocycles. The number of sulfonamides is 1. The third kappa shape index (κ3) is 5.04. The molecule has 26 heavy (non-hydrogen) atoms. The second-order valence-electron chi connectivity index (χ2n) is 5.36. The SMILES string of the molecule is CCNS(=O)(=O)c1cccc(C(=O)Nc2ccc(NC(C)=O)c(Cl)c2)c1. The Kier molecular flexibility index (Phi) is 6.36. The van der Waals surface area contributed by atoms with Crippen LogP contribution in [-0.2, 0) is 14.8 Å². The highest BCUT2D eigenvalue weighted by Crippen LogP contribution is 2.26. The van der Waals surface area contributed by atoms with Gasteiger partial charge in [0.25, 0.3) is 5.91 Å². The quantitative estimate of drug-likeness (QED) is 0.699. The first-order valence-electron chi connectivity index (χ1n) is 7.71. The van der Waals surface area contributed by atoms with E-state index in [0.717, 1.165) is 0 Å². The molecule has 0 aliphatic heterocycles. The first-order valence-corrected chi connectivity index (χ1v) is 9.57. The maximum absolute atomic E-state index is 12.4. The number of rotatable bonds is 6. The molecule has 138 valence electrons. The lowest BCUT2D eigenvalue weighted by atomic mass is 10.2. The molecular weight excluding hydrogens is 378 g/mol. The summed E-state index contributed by atoms with van der Waals surface area (Å²) in [5.74, 6) is -0.746. The molecule has 0 unspecified atom stereocenters. The number of benzene rings is 2. The summed E-state index contributed by atoms with van der Waals surface area (Å²) in [6, 6.07) is 10.3. The molecular formula is C17H18ClN3O4S. The van der Waals surface area contributed by atoms with Crippen molar-refractivity contribution in [3.05, 3.63) is 53.1 Å². The Balaban J connectivity index is 2.20. The van der Waals surface area contributed by atoms with E-state index in [0.29, 0.717) is 11.4 Å². The highest BCUT2D eigenvalue weighted by Gasteiger charge is 2.15. The summed E-state index contributed by atoms with van der Waals surface area (Å²) >= 11 is 6.07. The molecule has 0 aliphatic rings. The van der Waals surface area contributed by atoms with E-state index in [9.17, 15) is 18.0 Å². The van der Waals surface area contributed by atoms with Crippen LogP contribution in [0.3, 0.4) is 0 Å². The Bertz CT molecular complexity index is 945. The number of halogens is 1. The highest BCUT2D eigenvalue weighted by molar-refractivity contribution is 7.89. The van der Waals surface area contributed by atoms with Crippen molar-refractivity contribution in [1.82, 2.24) is 4.72 Å². The van der Waals surface area contributed by atoms with Crippen LogP contribution in [0.15, 0.2) is 47.4 Å². The average molecular weight is 396 g/mol. The van der Waals surface area contributed by atoms with Gasteiger partial charge in [0.2, 0.25) is 15.9 Å². The second kappa shape index (κ2) is 8.31. The molecule has 0 atom stereocenters. The lowest BCUT2D eigenvalue weighted by Gasteiger charge is -2.10. The van der Waals surface area contributed by atoms with Crippen LogP contribution in [0.4, 0.5) is 11.4 Å². The van der Waals surface area contributed by atoms with Crippen LogP contribution >= 0.6 is 11.6 Å². The molecule has 0 saturated carbocycles. The van der Waals surface area contributed by atoms with E-state index in [-0.39, 0.29) is 27.9 Å². The molecule has 0 saturated heterocycles. The number of hydrogen-bond acceptors (Lipinski definition) is 4. The van der Waals surface area contributed by atoms with Gasteiger partial charge in [0.05, 0.1) is 15.6 Å². The third-order valence-corrected chi connectivity index (χ3v) is 5.13. The topological polar surface area (TPSA) is 104 Å². The van der Waals surface area contributed by atoms with E-state index in [2.05, 4.69) is 15.4 Å². The largest absolute Gasteiger partial charge is 0.325 e. The van der Waals surface area contributed by atoms with Crippen LogP contribution < -0.4 is 15.4 Å². The molecule has 9 heteroatoms. The van der Waals surface area contributed by atoms with Gasteiger partial charge in [0, 0.05) is 24.7 Å². The number of anilines is 2. The number of carbonyl (C=O) groups excluding carboxylic acids is 2. The molecule has 2 aromatic rings. The Morgan fingerprint density at radius 2 is 1.81 bits per heavy atom. The van der Waals surface area contributed by atoms with E-state index in [4.69, 9.17) is 11.6 Å². The van der Waals surface area contributed by atoms with Gasteiger partial charge in [-0.15, -0.1) is 0 Å². The summed E-state index contributed by atoms with van der Waals surface area (Å²) in [6.45, 7) is 3.28. The Labute approximate surface area is 156 Å². The predicted octanol–water partition coefficient (Wildman–Crippen LogP) is 2.85. The fourth-order valence-electron chi connectivity index (χ4n) is 2.16. The first-order chi connectivity index (χ1) is 12.2. The Morgan fingerprint density at radius 1 is 1.08 bits per heavy atom. The third-order valence-electron chi connectivity index (χ3n) is 3.28. The van der Waals surface area contributed by atoms with Crippen LogP contribution in [0, 0.1) is 0 Å². The highest BCUT2D eigenvalue weighted by atomic mass is 35.5. The van der Waals surface area contributed by atoms with E-state index < -0.39 is 15.9 Å². The van der Waals surface area contributed by atoms with Crippen LogP contribution in [0.1, 0.15) is 24.2 Å². The van der Waals surface area contributed by atoms with Gasteiger partial charge in [0.1, 0.15) is 0 Å². The minimum atomic E-state index is -3.65. The summed E-state index contributed by atoms with van der Waals surface area (Å²) in [5.41, 5.74) is 1.02. The molecule has 7 nitrogen and oxygen atoms in total. The zero-order chi connectivity index (χ0) is 19.3. The second-order valence-corrected chi connectivity index (χ2v) is 7.53. The lowest BCUT2D eigenvalue weighted by Crippen LogP contribution is -2.23. The van der Waals surface area contributed by atoms with Crippen molar-refractivity contribution in [3.8, 4) is 0 Å². The van der Waals surface area contributed by atoms with Crippen molar-refractivity contribution in [1.29, 1.82) is 0 Å². The molecule has 3 N–H and O–H groups in total. The van der Waals surface area contributed by atoms with Crippen LogP contribution in [0.2, 0.25) is 5.02 Å². The molecule has 0 fully saturated rings. The number of hydrogen-bond donors (Lipinski definition) is 3. The predicted molar refractivity (Wildman–Crippen MR) is 101 cm³/mol. The summed E-state index contributed by atoms with van der Waals surface area (Å²) in [4.78, 5) is 23.5. The van der Waals surface area contributed by atoms with Gasteiger partial charge >= 0.3 is 0 Å². The van der Waals surface area contributed by atoms with Gasteiger partial charge in [-0.3, -0.25) is 9.59 Å². The first kappa shape index (κ1) is 19.9. The van der Waals surface area contributed by atoms with Crippen molar-refractivity contribution >= 4 is 44.8 Å². The van der Waals surface area contributed by atoms with E-state index in [1.807, 2.05) is 0 Å². The van der Waals surface area contributed by atoms with Crippen molar-refractivity contribution in [2.24, 2.45) is 0 Å². The minimum Gasteiger partial charge on any atom is -0.325 e. The molecule has 2 amide bonds. The average Bonchev–Trinajstić information content (AvgIpc) is 2.57. The molecule has 0 aliphatic carbocycles. The maximum Gasteiger partial charge on any atom is 0.255 e. The Hall–Kier alpha value is -2.42. The maximum atomic E-state index is 12.4. The van der Waals surface area contributed by atoms with Crippen molar-refractivity contribution in [2.75, 3.05) is 17.2 Å². The van der Waals surface area contributed by atoms with Gasteiger partial charge in [-0.05, 0) is 36.4 Å². The number of nitrogens with one attached hydrogen (secondary N) is 3. The van der Waals surface area contributed by atoms with Crippen LogP contribution in [0.25, 0.3) is 0 Å². The van der Waals surface area contributed by atoms with Crippen molar-refractivity contribution in [2.45, 2.75) is 18.7 Å². The molecule has 0 radical (unpaired) electrons.